The van der Waals surface area contributed by atoms with E-state index in [0.717, 1.165) is 49.9 Å². The van der Waals surface area contributed by atoms with Gasteiger partial charge in [-0.05, 0) is 37.5 Å². The Morgan fingerprint density at radius 3 is 2.32 bits per heavy atom. The molecule has 2 amide bonds. The fourth-order valence-corrected chi connectivity index (χ4v) is 4.54. The van der Waals surface area contributed by atoms with Crippen molar-refractivity contribution in [3.05, 3.63) is 52.8 Å². The third-order valence-electron chi connectivity index (χ3n) is 6.37. The van der Waals surface area contributed by atoms with Gasteiger partial charge in [0.2, 0.25) is 5.95 Å². The lowest BCUT2D eigenvalue weighted by molar-refractivity contribution is -0.138. The van der Waals surface area contributed by atoms with Crippen LogP contribution in [-0.4, -0.2) is 70.6 Å². The fourth-order valence-electron chi connectivity index (χ4n) is 4.41. The number of benzene rings is 1. The summed E-state index contributed by atoms with van der Waals surface area (Å²) in [5.41, 5.74) is 0.345. The lowest BCUT2D eigenvalue weighted by Gasteiger charge is -2.41. The number of nitrogens with zero attached hydrogens (tertiary/aromatic N) is 5. The maximum Gasteiger partial charge on any atom is 0.419 e. The summed E-state index contributed by atoms with van der Waals surface area (Å²) in [5, 5.41) is 3.89. The third kappa shape index (κ3) is 6.09. The molecule has 1 N–H and O–H groups in total. The average Bonchev–Trinajstić information content (AvgIpc) is 2.81. The summed E-state index contributed by atoms with van der Waals surface area (Å²) in [6.45, 7) is 5.96. The van der Waals surface area contributed by atoms with Crippen molar-refractivity contribution in [2.45, 2.75) is 44.6 Å². The average molecular weight is 497 g/mol. The Morgan fingerprint density at radius 1 is 1.09 bits per heavy atom. The molecule has 2 aliphatic rings. The van der Waals surface area contributed by atoms with Gasteiger partial charge in [0.15, 0.2) is 0 Å². The van der Waals surface area contributed by atoms with Crippen LogP contribution in [0.5, 0.6) is 0 Å². The van der Waals surface area contributed by atoms with E-state index in [4.69, 9.17) is 11.6 Å². The molecular weight excluding hydrogens is 469 g/mol. The molecule has 11 heteroatoms. The summed E-state index contributed by atoms with van der Waals surface area (Å²) in [5.74, 6) is 0.243. The van der Waals surface area contributed by atoms with Gasteiger partial charge in [-0.1, -0.05) is 23.7 Å². The number of aromatic nitrogens is 2. The van der Waals surface area contributed by atoms with Crippen molar-refractivity contribution in [3.63, 3.8) is 0 Å². The molecule has 0 bridgehead atoms. The number of carbonyl (C=O) groups excluding carboxylic acids is 1. The van der Waals surface area contributed by atoms with Crippen LogP contribution in [-0.2, 0) is 12.7 Å². The van der Waals surface area contributed by atoms with Gasteiger partial charge in [-0.3, -0.25) is 4.90 Å². The highest BCUT2D eigenvalue weighted by molar-refractivity contribution is 6.30. The van der Waals surface area contributed by atoms with Gasteiger partial charge in [0.25, 0.3) is 0 Å². The van der Waals surface area contributed by atoms with E-state index in [2.05, 4.69) is 20.2 Å². The first-order chi connectivity index (χ1) is 16.2. The molecule has 1 atom stereocenters. The molecular formula is C23H28ClF3N6O. The number of anilines is 1. The summed E-state index contributed by atoms with van der Waals surface area (Å²) >= 11 is 5.95. The van der Waals surface area contributed by atoms with Gasteiger partial charge < -0.3 is 15.1 Å². The van der Waals surface area contributed by atoms with Crippen LogP contribution in [0.15, 0.2) is 36.7 Å². The molecule has 184 valence electrons. The number of carbonyl (C=O) groups is 1. The van der Waals surface area contributed by atoms with Crippen molar-refractivity contribution in [2.24, 2.45) is 0 Å². The number of urea groups is 1. The van der Waals surface area contributed by atoms with E-state index in [9.17, 15) is 18.0 Å². The van der Waals surface area contributed by atoms with Gasteiger partial charge in [-0.25, -0.2) is 14.8 Å². The predicted octanol–water partition coefficient (Wildman–Crippen LogP) is 4.03. The van der Waals surface area contributed by atoms with Crippen molar-refractivity contribution in [1.29, 1.82) is 0 Å². The van der Waals surface area contributed by atoms with Crippen LogP contribution >= 0.6 is 11.6 Å². The molecule has 0 saturated carbocycles. The Morgan fingerprint density at radius 2 is 1.74 bits per heavy atom. The van der Waals surface area contributed by atoms with Crippen LogP contribution in [0.4, 0.5) is 23.9 Å². The molecule has 1 aromatic heterocycles. The van der Waals surface area contributed by atoms with E-state index in [1.165, 1.54) is 5.56 Å². The van der Waals surface area contributed by atoms with Gasteiger partial charge in [-0.2, -0.15) is 13.2 Å². The van der Waals surface area contributed by atoms with Crippen LogP contribution in [0.25, 0.3) is 0 Å². The minimum Gasteiger partial charge on any atom is -0.337 e. The molecule has 2 aromatic rings. The predicted molar refractivity (Wildman–Crippen MR) is 124 cm³/mol. The Labute approximate surface area is 201 Å². The molecule has 0 spiro atoms. The van der Waals surface area contributed by atoms with E-state index >= 15 is 0 Å². The molecule has 7 nitrogen and oxygen atoms in total. The minimum absolute atomic E-state index is 0.100. The third-order valence-corrected chi connectivity index (χ3v) is 6.62. The van der Waals surface area contributed by atoms with E-state index < -0.39 is 11.7 Å². The monoisotopic (exact) mass is 496 g/mol. The number of rotatable bonds is 4. The highest BCUT2D eigenvalue weighted by atomic mass is 35.5. The van der Waals surface area contributed by atoms with Crippen molar-refractivity contribution in [3.8, 4) is 0 Å². The van der Waals surface area contributed by atoms with E-state index in [0.29, 0.717) is 19.6 Å². The SMILES string of the molecule is C[C@@H]1CN(c2ncc(C(F)(F)F)cn2)CCN1C(=O)NC1CCN(Cc2ccc(Cl)cc2)CC1. The van der Waals surface area contributed by atoms with Gasteiger partial charge in [0, 0.05) is 68.8 Å². The fraction of sp³-hybridized carbons (Fsp3) is 0.522. The smallest absolute Gasteiger partial charge is 0.337 e. The first-order valence-corrected chi connectivity index (χ1v) is 11.7. The molecule has 0 aliphatic carbocycles. The van der Waals surface area contributed by atoms with Crippen molar-refractivity contribution in [1.82, 2.24) is 25.1 Å². The first-order valence-electron chi connectivity index (χ1n) is 11.4. The quantitative estimate of drug-likeness (QED) is 0.692. The number of piperidine rings is 1. The molecule has 4 rings (SSSR count). The molecule has 1 aromatic carbocycles. The number of amides is 2. The largest absolute Gasteiger partial charge is 0.419 e. The Hall–Kier alpha value is -2.59. The Kier molecular flexibility index (Phi) is 7.47. The lowest BCUT2D eigenvalue weighted by atomic mass is 10.0. The summed E-state index contributed by atoms with van der Waals surface area (Å²) in [6.07, 6.45) is -1.11. The number of piperazine rings is 1. The van der Waals surface area contributed by atoms with Gasteiger partial charge >= 0.3 is 12.2 Å². The molecule has 0 radical (unpaired) electrons. The second-order valence-corrected chi connectivity index (χ2v) is 9.32. The van der Waals surface area contributed by atoms with Crippen LogP contribution in [0.1, 0.15) is 30.9 Å². The standard InChI is InChI=1S/C23H28ClF3N6O/c1-16-14-32(21-28-12-18(13-29-21)23(25,26)27)10-11-33(16)22(34)30-20-6-8-31(9-7-20)15-17-2-4-19(24)5-3-17/h2-5,12-13,16,20H,6-11,14-15H2,1H3,(H,30,34)/t16-/m1/s1. The molecule has 34 heavy (non-hydrogen) atoms. The van der Waals surface area contributed by atoms with E-state index in [1.54, 1.807) is 4.90 Å². The zero-order chi connectivity index (χ0) is 24.3. The van der Waals surface area contributed by atoms with Crippen molar-refractivity contribution in [2.75, 3.05) is 37.6 Å². The Bertz CT molecular complexity index is 964. The van der Waals surface area contributed by atoms with Crippen LogP contribution in [0, 0.1) is 0 Å². The summed E-state index contributed by atoms with van der Waals surface area (Å²) in [4.78, 5) is 26.6. The topological polar surface area (TPSA) is 64.6 Å². The molecule has 2 fully saturated rings. The molecule has 3 heterocycles. The van der Waals surface area contributed by atoms with Crippen LogP contribution < -0.4 is 10.2 Å². The number of alkyl halides is 3. The van der Waals surface area contributed by atoms with Crippen molar-refractivity contribution >= 4 is 23.6 Å². The first kappa shape index (κ1) is 24.5. The van der Waals surface area contributed by atoms with Crippen LogP contribution in [0.2, 0.25) is 5.02 Å². The second-order valence-electron chi connectivity index (χ2n) is 8.88. The minimum atomic E-state index is -4.46. The Balaban J connectivity index is 1.23. The second kappa shape index (κ2) is 10.4. The van der Waals surface area contributed by atoms with E-state index in [-0.39, 0.29) is 24.1 Å². The highest BCUT2D eigenvalue weighted by Gasteiger charge is 2.33. The number of halogens is 4. The van der Waals surface area contributed by atoms with Gasteiger partial charge in [0.05, 0.1) is 5.56 Å². The number of hydrogen-bond acceptors (Lipinski definition) is 5. The number of hydrogen-bond donors (Lipinski definition) is 1. The van der Waals surface area contributed by atoms with Crippen molar-refractivity contribution < 1.29 is 18.0 Å². The summed E-state index contributed by atoms with van der Waals surface area (Å²) < 4.78 is 38.2. The van der Waals surface area contributed by atoms with Gasteiger partial charge in [-0.15, -0.1) is 0 Å². The number of likely N-dealkylation sites (tertiary alicyclic amines) is 1. The zero-order valence-electron chi connectivity index (χ0n) is 18.9. The molecule has 2 saturated heterocycles. The summed E-state index contributed by atoms with van der Waals surface area (Å²) in [7, 11) is 0. The summed E-state index contributed by atoms with van der Waals surface area (Å²) in [6, 6.07) is 7.77. The lowest BCUT2D eigenvalue weighted by Crippen LogP contribution is -2.58. The molecule has 0 unspecified atom stereocenters. The van der Waals surface area contributed by atoms with Gasteiger partial charge in [0.1, 0.15) is 0 Å². The molecule has 2 aliphatic heterocycles. The highest BCUT2D eigenvalue weighted by Crippen LogP contribution is 2.28. The zero-order valence-corrected chi connectivity index (χ0v) is 19.7. The number of nitrogens with one attached hydrogen (secondary N) is 1. The van der Waals surface area contributed by atoms with E-state index in [1.807, 2.05) is 36.1 Å². The maximum atomic E-state index is 12.9. The normalized spacial score (nSPS) is 20.4. The van der Waals surface area contributed by atoms with Crippen LogP contribution in [0.3, 0.4) is 0 Å². The maximum absolute atomic E-state index is 12.9.